The number of imidazole rings is 1. The molecule has 2 aliphatic heterocycles. The molecule has 0 spiro atoms. The predicted octanol–water partition coefficient (Wildman–Crippen LogP) is 1.57. The average molecular weight is 417 g/mol. The minimum absolute atomic E-state index is 0.0159. The predicted molar refractivity (Wildman–Crippen MR) is 114 cm³/mol. The second-order valence-corrected chi connectivity index (χ2v) is 8.08. The Kier molecular flexibility index (Phi) is 4.95. The van der Waals surface area contributed by atoms with Crippen LogP contribution < -0.4 is 5.32 Å². The van der Waals surface area contributed by atoms with Crippen molar-refractivity contribution in [1.82, 2.24) is 29.7 Å². The van der Waals surface area contributed by atoms with Crippen LogP contribution in [0.25, 0.3) is 11.3 Å². The smallest absolute Gasteiger partial charge is 0.272 e. The number of carbonyl (C=O) groups is 2. The molecule has 9 heteroatoms. The van der Waals surface area contributed by atoms with Crippen molar-refractivity contribution in [3.63, 3.8) is 0 Å². The van der Waals surface area contributed by atoms with Gasteiger partial charge in [0, 0.05) is 56.3 Å². The molecule has 9 nitrogen and oxygen atoms in total. The third-order valence-corrected chi connectivity index (χ3v) is 5.82. The minimum atomic E-state index is -0.117. The fraction of sp³-hybridized carbons (Fsp3) is 0.318. The van der Waals surface area contributed by atoms with Crippen LogP contribution in [-0.2, 0) is 17.8 Å². The Hall–Kier alpha value is -3.59. The van der Waals surface area contributed by atoms with Crippen LogP contribution in [0.5, 0.6) is 0 Å². The second kappa shape index (κ2) is 7.92. The van der Waals surface area contributed by atoms with E-state index in [0.29, 0.717) is 36.6 Å². The zero-order valence-corrected chi connectivity index (χ0v) is 17.2. The summed E-state index contributed by atoms with van der Waals surface area (Å²) in [4.78, 5) is 45.4. The first-order valence-corrected chi connectivity index (χ1v) is 10.3. The summed E-state index contributed by atoms with van der Waals surface area (Å²) in [6.07, 6.45) is 7.27. The minimum Gasteiger partial charge on any atom is -0.340 e. The largest absolute Gasteiger partial charge is 0.340 e. The molecule has 0 bridgehead atoms. The number of H-pyrrole nitrogens is 1. The fourth-order valence-corrected chi connectivity index (χ4v) is 4.11. The van der Waals surface area contributed by atoms with Gasteiger partial charge in [-0.25, -0.2) is 4.98 Å². The van der Waals surface area contributed by atoms with Crippen molar-refractivity contribution in [3.8, 4) is 11.3 Å². The monoisotopic (exact) mass is 417 g/mol. The van der Waals surface area contributed by atoms with E-state index < -0.39 is 0 Å². The molecule has 0 unspecified atom stereocenters. The van der Waals surface area contributed by atoms with E-state index in [2.05, 4.69) is 30.2 Å². The number of aromatic nitrogens is 4. The number of nitrogens with zero attached hydrogens (tertiary/aromatic N) is 5. The van der Waals surface area contributed by atoms with Crippen LogP contribution in [0.15, 0.2) is 43.1 Å². The van der Waals surface area contributed by atoms with Gasteiger partial charge in [-0.15, -0.1) is 0 Å². The van der Waals surface area contributed by atoms with Crippen LogP contribution in [0.4, 0.5) is 5.69 Å². The van der Waals surface area contributed by atoms with Gasteiger partial charge in [0.25, 0.3) is 5.91 Å². The number of fused-ring (bicyclic) bond motifs is 1. The zero-order chi connectivity index (χ0) is 21.4. The molecule has 2 amide bonds. The Labute approximate surface area is 179 Å². The molecule has 5 rings (SSSR count). The van der Waals surface area contributed by atoms with Gasteiger partial charge in [-0.1, -0.05) is 0 Å². The van der Waals surface area contributed by atoms with Gasteiger partial charge in [0.15, 0.2) is 0 Å². The number of rotatable bonds is 4. The van der Waals surface area contributed by atoms with Gasteiger partial charge in [-0.3, -0.25) is 19.6 Å². The van der Waals surface area contributed by atoms with Gasteiger partial charge >= 0.3 is 0 Å². The maximum atomic E-state index is 13.2. The van der Waals surface area contributed by atoms with E-state index in [1.54, 1.807) is 23.5 Å². The molecule has 5 heterocycles. The lowest BCUT2D eigenvalue weighted by atomic mass is 10.00. The van der Waals surface area contributed by atoms with Crippen molar-refractivity contribution < 1.29 is 9.59 Å². The first-order valence-electron chi connectivity index (χ1n) is 10.3. The highest BCUT2D eigenvalue weighted by Crippen LogP contribution is 2.25. The maximum absolute atomic E-state index is 13.2. The Morgan fingerprint density at radius 1 is 1.23 bits per heavy atom. The number of hydrogen-bond acceptors (Lipinski definition) is 6. The lowest BCUT2D eigenvalue weighted by Crippen LogP contribution is -2.49. The maximum Gasteiger partial charge on any atom is 0.272 e. The van der Waals surface area contributed by atoms with Crippen molar-refractivity contribution in [2.45, 2.75) is 13.0 Å². The summed E-state index contributed by atoms with van der Waals surface area (Å²) in [5.41, 5.74) is 4.41. The summed E-state index contributed by atoms with van der Waals surface area (Å²) in [5, 5.41) is 2.96. The first-order chi connectivity index (χ1) is 15.1. The van der Waals surface area contributed by atoms with Gasteiger partial charge < -0.3 is 20.1 Å². The van der Waals surface area contributed by atoms with Gasteiger partial charge in [-0.05, 0) is 30.8 Å². The molecule has 0 aliphatic carbocycles. The van der Waals surface area contributed by atoms with E-state index >= 15 is 0 Å². The summed E-state index contributed by atoms with van der Waals surface area (Å²) < 4.78 is 0. The normalized spacial score (nSPS) is 16.5. The standard InChI is InChI=1S/C22H23N7O2/c1-28-10-16(11-28)21(30)27-17-7-15-12-29(6-4-18(15)24-9-17)22(31)20-19(25-13-26-20)14-3-2-5-23-8-14/h2-3,5,7-9,13,16H,4,6,10-12H2,1H3,(H,25,26)(H,27,30). The van der Waals surface area contributed by atoms with Crippen LogP contribution in [0, 0.1) is 5.92 Å². The summed E-state index contributed by atoms with van der Waals surface area (Å²) in [6.45, 7) is 2.55. The van der Waals surface area contributed by atoms with Crippen molar-refractivity contribution >= 4 is 17.5 Å². The average Bonchev–Trinajstić information content (AvgIpc) is 3.26. The van der Waals surface area contributed by atoms with E-state index in [1.807, 2.05) is 25.2 Å². The third-order valence-electron chi connectivity index (χ3n) is 5.82. The lowest BCUT2D eigenvalue weighted by Gasteiger charge is -2.35. The van der Waals surface area contributed by atoms with E-state index in [1.165, 1.54) is 6.33 Å². The lowest BCUT2D eigenvalue weighted by molar-refractivity contribution is -0.124. The molecule has 3 aromatic rings. The summed E-state index contributed by atoms with van der Waals surface area (Å²) in [5.74, 6) is -0.0819. The Balaban J connectivity index is 1.32. The molecule has 31 heavy (non-hydrogen) atoms. The van der Waals surface area contributed by atoms with Crippen molar-refractivity contribution in [2.24, 2.45) is 5.92 Å². The molecule has 1 saturated heterocycles. The Morgan fingerprint density at radius 3 is 2.87 bits per heavy atom. The number of hydrogen-bond donors (Lipinski definition) is 2. The molecule has 0 saturated carbocycles. The highest BCUT2D eigenvalue weighted by Gasteiger charge is 2.30. The SMILES string of the molecule is CN1CC(C(=O)Nc2cnc3c(c2)CN(C(=O)c2[nH]cnc2-c2cccnc2)CC3)C1. The molecule has 0 aromatic carbocycles. The van der Waals surface area contributed by atoms with E-state index in [0.717, 1.165) is 29.9 Å². The first kappa shape index (κ1) is 19.4. The topological polar surface area (TPSA) is 107 Å². The Morgan fingerprint density at radius 2 is 2.10 bits per heavy atom. The Bertz CT molecular complexity index is 1120. The molecule has 3 aromatic heterocycles. The molecular formula is C22H23N7O2. The molecule has 0 atom stereocenters. The number of pyridine rings is 2. The number of nitrogens with one attached hydrogen (secondary N) is 2. The van der Waals surface area contributed by atoms with Gasteiger partial charge in [0.1, 0.15) is 11.4 Å². The molecule has 2 aliphatic rings. The molecule has 0 radical (unpaired) electrons. The van der Waals surface area contributed by atoms with Gasteiger partial charge in [-0.2, -0.15) is 0 Å². The van der Waals surface area contributed by atoms with E-state index in [-0.39, 0.29) is 17.7 Å². The number of amides is 2. The van der Waals surface area contributed by atoms with E-state index in [4.69, 9.17) is 0 Å². The van der Waals surface area contributed by atoms with Crippen LogP contribution in [0.3, 0.4) is 0 Å². The quantitative estimate of drug-likeness (QED) is 0.667. The second-order valence-electron chi connectivity index (χ2n) is 8.08. The third kappa shape index (κ3) is 3.79. The molecule has 158 valence electrons. The fourth-order valence-electron chi connectivity index (χ4n) is 4.11. The number of carbonyl (C=O) groups excluding carboxylic acids is 2. The molecule has 1 fully saturated rings. The summed E-state index contributed by atoms with van der Waals surface area (Å²) in [7, 11) is 2.00. The molecular weight excluding hydrogens is 394 g/mol. The van der Waals surface area contributed by atoms with Crippen LogP contribution in [-0.4, -0.2) is 68.2 Å². The van der Waals surface area contributed by atoms with Crippen molar-refractivity contribution in [2.75, 3.05) is 32.0 Å². The van der Waals surface area contributed by atoms with Gasteiger partial charge in [0.05, 0.1) is 24.1 Å². The zero-order valence-electron chi connectivity index (χ0n) is 17.2. The van der Waals surface area contributed by atoms with Crippen LogP contribution >= 0.6 is 0 Å². The van der Waals surface area contributed by atoms with Crippen LogP contribution in [0.2, 0.25) is 0 Å². The number of aromatic amines is 1. The molecule has 2 N–H and O–H groups in total. The van der Waals surface area contributed by atoms with Crippen molar-refractivity contribution in [3.05, 3.63) is 60.1 Å². The highest BCUT2D eigenvalue weighted by atomic mass is 16.2. The summed E-state index contributed by atoms with van der Waals surface area (Å²) >= 11 is 0. The van der Waals surface area contributed by atoms with Gasteiger partial charge in [0.2, 0.25) is 5.91 Å². The highest BCUT2D eigenvalue weighted by molar-refractivity contribution is 5.98. The summed E-state index contributed by atoms with van der Waals surface area (Å²) in [6, 6.07) is 5.62. The van der Waals surface area contributed by atoms with Crippen molar-refractivity contribution in [1.29, 1.82) is 0 Å². The van der Waals surface area contributed by atoms with Crippen LogP contribution in [0.1, 0.15) is 21.7 Å². The number of anilines is 1. The van der Waals surface area contributed by atoms with E-state index in [9.17, 15) is 9.59 Å². The number of likely N-dealkylation sites (tertiary alicyclic amines) is 1.